The summed E-state index contributed by atoms with van der Waals surface area (Å²) in [5.41, 5.74) is 6.92. The molecule has 0 saturated heterocycles. The van der Waals surface area contributed by atoms with Crippen molar-refractivity contribution in [1.29, 1.82) is 0 Å². The molecule has 2 aromatic rings. The van der Waals surface area contributed by atoms with Crippen LogP contribution in [-0.4, -0.2) is 23.5 Å². The van der Waals surface area contributed by atoms with Gasteiger partial charge in [0.05, 0.1) is 5.56 Å². The Bertz CT molecular complexity index is 614. The van der Waals surface area contributed by atoms with Crippen molar-refractivity contribution in [3.63, 3.8) is 0 Å². The van der Waals surface area contributed by atoms with Crippen molar-refractivity contribution < 1.29 is 14.3 Å². The fourth-order valence-electron chi connectivity index (χ4n) is 1.51. The maximum absolute atomic E-state index is 11.7. The Balaban J connectivity index is 1.86. The van der Waals surface area contributed by atoms with Crippen LogP contribution >= 0.6 is 0 Å². The molecule has 0 atom stereocenters. The van der Waals surface area contributed by atoms with Gasteiger partial charge in [-0.25, -0.2) is 4.79 Å². The third kappa shape index (κ3) is 3.81. The van der Waals surface area contributed by atoms with E-state index >= 15 is 0 Å². The van der Waals surface area contributed by atoms with Crippen molar-refractivity contribution >= 4 is 23.3 Å². The molecule has 6 nitrogen and oxygen atoms in total. The largest absolute Gasteiger partial charge is 0.452 e. The lowest BCUT2D eigenvalue weighted by atomic mass is 10.2. The number of hydrogen-bond acceptors (Lipinski definition) is 5. The first kappa shape index (κ1) is 13.5. The van der Waals surface area contributed by atoms with Crippen LogP contribution < -0.4 is 11.1 Å². The predicted molar refractivity (Wildman–Crippen MR) is 74.0 cm³/mol. The first-order valence-corrected chi connectivity index (χ1v) is 5.88. The molecule has 1 amide bonds. The van der Waals surface area contributed by atoms with Crippen LogP contribution in [0, 0.1) is 0 Å². The van der Waals surface area contributed by atoms with E-state index < -0.39 is 11.9 Å². The highest BCUT2D eigenvalue weighted by Crippen LogP contribution is 2.08. The summed E-state index contributed by atoms with van der Waals surface area (Å²) in [7, 11) is 0. The quantitative estimate of drug-likeness (QED) is 0.648. The third-order valence-corrected chi connectivity index (χ3v) is 2.42. The van der Waals surface area contributed by atoms with Gasteiger partial charge in [0.25, 0.3) is 5.91 Å². The van der Waals surface area contributed by atoms with Crippen molar-refractivity contribution in [2.24, 2.45) is 0 Å². The number of pyridine rings is 1. The van der Waals surface area contributed by atoms with E-state index in [1.54, 1.807) is 42.7 Å². The van der Waals surface area contributed by atoms with Crippen LogP contribution in [0.5, 0.6) is 0 Å². The van der Waals surface area contributed by atoms with Crippen molar-refractivity contribution in [3.8, 4) is 0 Å². The Morgan fingerprint density at radius 3 is 2.65 bits per heavy atom. The minimum atomic E-state index is -0.595. The predicted octanol–water partition coefficient (Wildman–Crippen LogP) is 1.46. The second-order valence-corrected chi connectivity index (χ2v) is 3.99. The number of nitrogens with two attached hydrogens (primary N) is 1. The molecular weight excluding hydrogens is 258 g/mol. The van der Waals surface area contributed by atoms with Crippen molar-refractivity contribution in [3.05, 3.63) is 54.4 Å². The van der Waals surface area contributed by atoms with Gasteiger partial charge in [-0.3, -0.25) is 9.78 Å². The molecule has 102 valence electrons. The number of esters is 1. The van der Waals surface area contributed by atoms with Gasteiger partial charge >= 0.3 is 5.97 Å². The number of nitrogens with zero attached hydrogens (tertiary/aromatic N) is 1. The smallest absolute Gasteiger partial charge is 0.338 e. The van der Waals surface area contributed by atoms with Crippen LogP contribution in [0.2, 0.25) is 0 Å². The Morgan fingerprint density at radius 1 is 1.20 bits per heavy atom. The molecule has 0 aliphatic carbocycles. The highest BCUT2D eigenvalue weighted by molar-refractivity contribution is 5.95. The molecule has 0 spiro atoms. The fraction of sp³-hybridized carbons (Fsp3) is 0.0714. The fourth-order valence-corrected chi connectivity index (χ4v) is 1.51. The first-order chi connectivity index (χ1) is 9.65. The summed E-state index contributed by atoms with van der Waals surface area (Å²) in [4.78, 5) is 27.1. The average Bonchev–Trinajstić information content (AvgIpc) is 2.46. The average molecular weight is 271 g/mol. The molecule has 1 aromatic heterocycles. The number of rotatable bonds is 4. The molecule has 0 saturated carbocycles. The summed E-state index contributed by atoms with van der Waals surface area (Å²) >= 11 is 0. The number of ether oxygens (including phenoxy) is 1. The second kappa shape index (κ2) is 6.33. The third-order valence-electron chi connectivity index (χ3n) is 2.42. The molecule has 0 fully saturated rings. The summed E-state index contributed by atoms with van der Waals surface area (Å²) in [5.74, 6) is -1.02. The van der Waals surface area contributed by atoms with Gasteiger partial charge in [0.1, 0.15) is 0 Å². The van der Waals surface area contributed by atoms with Crippen LogP contribution in [0.3, 0.4) is 0 Å². The minimum Gasteiger partial charge on any atom is -0.452 e. The number of anilines is 2. The number of aromatic nitrogens is 1. The Morgan fingerprint density at radius 2 is 1.95 bits per heavy atom. The van der Waals surface area contributed by atoms with Gasteiger partial charge < -0.3 is 15.8 Å². The molecule has 0 aliphatic heterocycles. The van der Waals surface area contributed by atoms with Gasteiger partial charge in [-0.1, -0.05) is 6.07 Å². The maximum atomic E-state index is 11.7. The van der Waals surface area contributed by atoms with Gasteiger partial charge in [-0.05, 0) is 30.3 Å². The van der Waals surface area contributed by atoms with Crippen LogP contribution in [0.25, 0.3) is 0 Å². The second-order valence-electron chi connectivity index (χ2n) is 3.99. The topological polar surface area (TPSA) is 94.3 Å². The van der Waals surface area contributed by atoms with Crippen LogP contribution in [-0.2, 0) is 9.53 Å². The molecule has 1 heterocycles. The zero-order valence-electron chi connectivity index (χ0n) is 10.6. The summed E-state index contributed by atoms with van der Waals surface area (Å²) in [6.07, 6.45) is 3.10. The van der Waals surface area contributed by atoms with E-state index in [9.17, 15) is 9.59 Å². The minimum absolute atomic E-state index is 0.307. The van der Waals surface area contributed by atoms with E-state index in [-0.39, 0.29) is 6.61 Å². The van der Waals surface area contributed by atoms with E-state index in [0.29, 0.717) is 16.9 Å². The van der Waals surface area contributed by atoms with E-state index in [2.05, 4.69) is 10.3 Å². The first-order valence-electron chi connectivity index (χ1n) is 5.88. The van der Waals surface area contributed by atoms with Crippen molar-refractivity contribution in [1.82, 2.24) is 4.98 Å². The van der Waals surface area contributed by atoms with Crippen molar-refractivity contribution in [2.75, 3.05) is 17.7 Å². The monoisotopic (exact) mass is 271 g/mol. The molecule has 2 rings (SSSR count). The number of carbonyl (C=O) groups excluding carboxylic acids is 2. The molecule has 0 bridgehead atoms. The standard InChI is InChI=1S/C14H13N3O3/c15-11-3-1-2-10(8-11)14(19)20-9-13(18)17-12-4-6-16-7-5-12/h1-8H,9,15H2,(H,16,17,18). The Kier molecular flexibility index (Phi) is 4.28. The van der Waals surface area contributed by atoms with Crippen LogP contribution in [0.4, 0.5) is 11.4 Å². The van der Waals surface area contributed by atoms with Gasteiger partial charge in [-0.2, -0.15) is 0 Å². The van der Waals surface area contributed by atoms with Crippen LogP contribution in [0.15, 0.2) is 48.8 Å². The zero-order chi connectivity index (χ0) is 14.4. The molecular formula is C14H13N3O3. The molecule has 1 aromatic carbocycles. The van der Waals surface area contributed by atoms with Crippen molar-refractivity contribution in [2.45, 2.75) is 0 Å². The van der Waals surface area contributed by atoms with E-state index in [1.165, 1.54) is 6.07 Å². The SMILES string of the molecule is Nc1cccc(C(=O)OCC(=O)Nc2ccncc2)c1. The number of nitrogen functional groups attached to an aromatic ring is 1. The van der Waals surface area contributed by atoms with Crippen LogP contribution in [0.1, 0.15) is 10.4 Å². The summed E-state index contributed by atoms with van der Waals surface area (Å²) in [5, 5.41) is 2.58. The number of carbonyl (C=O) groups is 2. The number of benzene rings is 1. The van der Waals surface area contributed by atoms with Gasteiger partial charge in [0, 0.05) is 23.8 Å². The van der Waals surface area contributed by atoms with Gasteiger partial charge in [0.15, 0.2) is 6.61 Å². The Labute approximate surface area is 115 Å². The summed E-state index contributed by atoms with van der Waals surface area (Å²) in [6, 6.07) is 9.63. The van der Waals surface area contributed by atoms with E-state index in [0.717, 1.165) is 0 Å². The summed E-state index contributed by atoms with van der Waals surface area (Å²) < 4.78 is 4.89. The maximum Gasteiger partial charge on any atom is 0.338 e. The van der Waals surface area contributed by atoms with E-state index in [1.807, 2.05) is 0 Å². The highest BCUT2D eigenvalue weighted by Gasteiger charge is 2.10. The lowest BCUT2D eigenvalue weighted by Gasteiger charge is -2.06. The number of amides is 1. The molecule has 6 heteroatoms. The zero-order valence-corrected chi connectivity index (χ0v) is 10.6. The van der Waals surface area contributed by atoms with Gasteiger partial charge in [0.2, 0.25) is 0 Å². The lowest BCUT2D eigenvalue weighted by Crippen LogP contribution is -2.20. The molecule has 3 N–H and O–H groups in total. The van der Waals surface area contributed by atoms with E-state index in [4.69, 9.17) is 10.5 Å². The molecule has 0 aliphatic rings. The number of hydrogen-bond donors (Lipinski definition) is 2. The molecule has 0 radical (unpaired) electrons. The molecule has 20 heavy (non-hydrogen) atoms. The lowest BCUT2D eigenvalue weighted by molar-refractivity contribution is -0.119. The highest BCUT2D eigenvalue weighted by atomic mass is 16.5. The normalized spacial score (nSPS) is 9.80. The molecule has 0 unspecified atom stereocenters. The summed E-state index contributed by atoms with van der Waals surface area (Å²) in [6.45, 7) is -0.365. The number of nitrogens with one attached hydrogen (secondary N) is 1. The Hall–Kier alpha value is -2.89. The van der Waals surface area contributed by atoms with Gasteiger partial charge in [-0.15, -0.1) is 0 Å².